The lowest BCUT2D eigenvalue weighted by atomic mass is 9.84. The Morgan fingerprint density at radius 2 is 1.85 bits per heavy atom. The zero-order chi connectivity index (χ0) is 15.1. The Bertz CT molecular complexity index is 594. The molecule has 0 spiro atoms. The molecular weight excluding hydrogens is 275 g/mol. The maximum absolute atomic E-state index is 11.9. The van der Waals surface area contributed by atoms with E-state index in [-0.39, 0.29) is 0 Å². The number of hydrogen-bond acceptors (Lipinski definition) is 5. The molecule has 2 rings (SSSR count). The van der Waals surface area contributed by atoms with Crippen LogP contribution in [-0.2, 0) is 20.1 Å². The topological polar surface area (TPSA) is 72.2 Å². The van der Waals surface area contributed by atoms with E-state index in [9.17, 15) is 4.21 Å². The first-order chi connectivity index (χ1) is 9.18. The van der Waals surface area contributed by atoms with Gasteiger partial charge < -0.3 is 9.31 Å². The summed E-state index contributed by atoms with van der Waals surface area (Å²) in [4.78, 5) is 4.69. The van der Waals surface area contributed by atoms with Gasteiger partial charge >= 0.3 is 7.12 Å². The van der Waals surface area contributed by atoms with Crippen molar-refractivity contribution in [1.82, 2.24) is 4.98 Å². The summed E-state index contributed by atoms with van der Waals surface area (Å²) in [7, 11) is -1.95. The summed E-state index contributed by atoms with van der Waals surface area (Å²) >= 11 is 0. The Morgan fingerprint density at radius 1 is 1.30 bits per heavy atom. The average Bonchev–Trinajstić information content (AvgIpc) is 2.57. The second-order valence-electron chi connectivity index (χ2n) is 5.76. The highest BCUT2D eigenvalue weighted by molar-refractivity contribution is 7.84. The van der Waals surface area contributed by atoms with E-state index < -0.39 is 29.1 Å². The van der Waals surface area contributed by atoms with Gasteiger partial charge in [-0.25, -0.2) is 0 Å². The molecule has 0 bridgehead atoms. The van der Waals surface area contributed by atoms with Crippen molar-refractivity contribution in [2.75, 3.05) is 6.26 Å². The molecule has 1 fully saturated rings. The molecule has 5 nitrogen and oxygen atoms in total. The van der Waals surface area contributed by atoms with Crippen LogP contribution in [0.25, 0.3) is 0 Å². The van der Waals surface area contributed by atoms with Crippen LogP contribution in [0.3, 0.4) is 0 Å². The Hall–Kier alpha value is -1.23. The normalized spacial score (nSPS) is 21.5. The van der Waals surface area contributed by atoms with Crippen molar-refractivity contribution in [3.63, 3.8) is 0 Å². The number of aromatic nitrogens is 1. The average molecular weight is 292 g/mol. The molecule has 1 aromatic heterocycles. The van der Waals surface area contributed by atoms with Crippen LogP contribution in [0.15, 0.2) is 17.2 Å². The predicted molar refractivity (Wildman–Crippen MR) is 77.0 cm³/mol. The van der Waals surface area contributed by atoms with Gasteiger partial charge in [0.25, 0.3) is 0 Å². The molecule has 0 saturated carbocycles. The summed E-state index contributed by atoms with van der Waals surface area (Å²) in [5.41, 5.74) is -0.126. The van der Waals surface area contributed by atoms with Crippen LogP contribution >= 0.6 is 0 Å². The number of pyridine rings is 1. The van der Waals surface area contributed by atoms with Crippen LogP contribution in [0.5, 0.6) is 0 Å². The fourth-order valence-corrected chi connectivity index (χ4v) is 2.61. The molecule has 1 unspecified atom stereocenters. The maximum atomic E-state index is 11.9. The van der Waals surface area contributed by atoms with Crippen LogP contribution in [0, 0.1) is 11.3 Å². The van der Waals surface area contributed by atoms with E-state index in [0.717, 1.165) is 0 Å². The molecule has 106 valence electrons. The van der Waals surface area contributed by atoms with Gasteiger partial charge in [-0.15, -0.1) is 0 Å². The summed E-state index contributed by atoms with van der Waals surface area (Å²) < 4.78 is 23.7. The van der Waals surface area contributed by atoms with Gasteiger partial charge in [0.2, 0.25) is 0 Å². The van der Waals surface area contributed by atoms with E-state index in [4.69, 9.17) is 14.6 Å². The zero-order valence-corrected chi connectivity index (χ0v) is 13.1. The molecule has 0 amide bonds. The number of nitrogens with zero attached hydrogens (tertiary/aromatic N) is 2. The van der Waals surface area contributed by atoms with Crippen LogP contribution in [0.2, 0.25) is 0 Å². The first-order valence-corrected chi connectivity index (χ1v) is 7.83. The molecule has 2 heterocycles. The highest BCUT2D eigenvalue weighted by atomic mass is 32.2. The van der Waals surface area contributed by atoms with Gasteiger partial charge in [-0.05, 0) is 33.8 Å². The molecule has 20 heavy (non-hydrogen) atoms. The smallest absolute Gasteiger partial charge is 0.398 e. The summed E-state index contributed by atoms with van der Waals surface area (Å²) in [5.74, 6) is 0. The molecule has 1 saturated heterocycles. The molecule has 0 radical (unpaired) electrons. The van der Waals surface area contributed by atoms with E-state index in [0.29, 0.717) is 16.1 Å². The van der Waals surface area contributed by atoms with Crippen molar-refractivity contribution in [2.45, 2.75) is 43.8 Å². The SMILES string of the molecule is CS(=O)c1cc(C#N)cnc1B1OC(C)(C)C(C)(C)O1. The number of rotatable bonds is 2. The fourth-order valence-electron chi connectivity index (χ4n) is 1.88. The van der Waals surface area contributed by atoms with Crippen molar-refractivity contribution in [3.05, 3.63) is 17.8 Å². The van der Waals surface area contributed by atoms with Crippen LogP contribution < -0.4 is 5.59 Å². The van der Waals surface area contributed by atoms with Gasteiger partial charge in [0.15, 0.2) is 0 Å². The molecule has 7 heteroatoms. The third-order valence-corrected chi connectivity index (χ3v) is 4.74. The van der Waals surface area contributed by atoms with Crippen molar-refractivity contribution in [3.8, 4) is 6.07 Å². The number of hydrogen-bond donors (Lipinski definition) is 0. The van der Waals surface area contributed by atoms with Crippen LogP contribution in [0.4, 0.5) is 0 Å². The van der Waals surface area contributed by atoms with Gasteiger partial charge in [0.1, 0.15) is 6.07 Å². The molecule has 1 aromatic rings. The van der Waals surface area contributed by atoms with E-state index in [1.807, 2.05) is 33.8 Å². The minimum atomic E-state index is -1.27. The highest BCUT2D eigenvalue weighted by Crippen LogP contribution is 2.36. The van der Waals surface area contributed by atoms with Crippen LogP contribution in [-0.4, -0.2) is 33.8 Å². The highest BCUT2D eigenvalue weighted by Gasteiger charge is 2.53. The number of nitriles is 1. The van der Waals surface area contributed by atoms with Gasteiger partial charge in [0.05, 0.1) is 38.1 Å². The standard InChI is InChI=1S/C13H17BN2O3S/c1-12(2)13(3,4)19-14(18-12)11-10(20(5)17)6-9(7-15)8-16-11/h6,8H,1-5H3. The first kappa shape index (κ1) is 15.2. The third-order valence-electron chi connectivity index (χ3n) is 3.80. The van der Waals surface area contributed by atoms with E-state index in [1.165, 1.54) is 6.20 Å². The lowest BCUT2D eigenvalue weighted by Crippen LogP contribution is -2.41. The molecule has 0 aliphatic carbocycles. The first-order valence-electron chi connectivity index (χ1n) is 6.27. The third kappa shape index (κ3) is 2.51. The van der Waals surface area contributed by atoms with E-state index >= 15 is 0 Å². The molecule has 1 atom stereocenters. The second kappa shape index (κ2) is 4.95. The van der Waals surface area contributed by atoms with Gasteiger partial charge in [-0.3, -0.25) is 9.19 Å². The van der Waals surface area contributed by atoms with Crippen molar-refractivity contribution in [1.29, 1.82) is 5.26 Å². The van der Waals surface area contributed by atoms with Crippen molar-refractivity contribution >= 4 is 23.5 Å². The van der Waals surface area contributed by atoms with Crippen molar-refractivity contribution in [2.24, 2.45) is 0 Å². The predicted octanol–water partition coefficient (Wildman–Crippen LogP) is 0.990. The van der Waals surface area contributed by atoms with Gasteiger partial charge in [-0.2, -0.15) is 5.26 Å². The van der Waals surface area contributed by atoms with Gasteiger partial charge in [0, 0.05) is 12.5 Å². The van der Waals surface area contributed by atoms with Crippen LogP contribution in [0.1, 0.15) is 33.3 Å². The Balaban J connectivity index is 2.45. The quantitative estimate of drug-likeness (QED) is 0.760. The minimum absolute atomic E-state index is 0.371. The Kier molecular flexibility index (Phi) is 3.76. The molecular formula is C13H17BN2O3S. The molecule has 1 aliphatic rings. The van der Waals surface area contributed by atoms with Gasteiger partial charge in [-0.1, -0.05) is 0 Å². The maximum Gasteiger partial charge on any atom is 0.515 e. The van der Waals surface area contributed by atoms with Crippen molar-refractivity contribution < 1.29 is 13.5 Å². The molecule has 0 aromatic carbocycles. The minimum Gasteiger partial charge on any atom is -0.398 e. The summed E-state index contributed by atoms with van der Waals surface area (Å²) in [6.45, 7) is 7.77. The summed E-state index contributed by atoms with van der Waals surface area (Å²) in [5, 5.41) is 8.91. The zero-order valence-electron chi connectivity index (χ0n) is 12.3. The molecule has 0 N–H and O–H groups in total. The summed E-state index contributed by atoms with van der Waals surface area (Å²) in [6.07, 6.45) is 2.99. The Labute approximate surface area is 121 Å². The lowest BCUT2D eigenvalue weighted by molar-refractivity contribution is 0.00578. The summed E-state index contributed by atoms with van der Waals surface area (Å²) in [6, 6.07) is 3.57. The van der Waals surface area contributed by atoms with E-state index in [2.05, 4.69) is 4.98 Å². The monoisotopic (exact) mass is 292 g/mol. The molecule has 1 aliphatic heterocycles. The lowest BCUT2D eigenvalue weighted by Gasteiger charge is -2.32. The van der Waals surface area contributed by atoms with E-state index in [1.54, 1.807) is 12.3 Å². The fraction of sp³-hybridized carbons (Fsp3) is 0.538. The largest absolute Gasteiger partial charge is 0.515 e. The second-order valence-corrected chi connectivity index (χ2v) is 7.11. The Morgan fingerprint density at radius 3 is 2.30 bits per heavy atom.